The fraction of sp³-hybridized carbons (Fsp3) is 0.606. The summed E-state index contributed by atoms with van der Waals surface area (Å²) in [6, 6.07) is 6.62. The standard InChI is InChI=1S/C33H42F2N8O4S/c1-41-27-16-22(2-3-25(27)29(40-41)26-4-5-28(44)39-30(26)45)21-6-12-42(13-7-21)19-33(10-11-33)20-48(46)43-14-8-23(9-15-43)38-32-36-17-24(18-37-32)47-31(34)35/h2-3,16-18,21,23,26,31H,4-15,19-20H2,1H3,(H,36,37,38)(H,39,44,45). The van der Waals surface area contributed by atoms with Crippen molar-refractivity contribution in [1.29, 1.82) is 0 Å². The van der Waals surface area contributed by atoms with Crippen molar-refractivity contribution in [2.75, 3.05) is 43.8 Å². The van der Waals surface area contributed by atoms with Crippen LogP contribution >= 0.6 is 0 Å². The van der Waals surface area contributed by atoms with E-state index in [1.54, 1.807) is 0 Å². The van der Waals surface area contributed by atoms with E-state index in [4.69, 9.17) is 5.10 Å². The Kier molecular flexibility index (Phi) is 9.44. The van der Waals surface area contributed by atoms with Crippen LogP contribution in [0.15, 0.2) is 30.6 Å². The number of nitrogens with zero attached hydrogens (tertiary/aromatic N) is 6. The van der Waals surface area contributed by atoms with Gasteiger partial charge in [0.05, 0.1) is 40.5 Å². The molecule has 3 aliphatic heterocycles. The van der Waals surface area contributed by atoms with Crippen molar-refractivity contribution >= 4 is 39.7 Å². The molecule has 2 amide bonds. The van der Waals surface area contributed by atoms with Crippen LogP contribution in [0.4, 0.5) is 14.7 Å². The molecule has 3 saturated heterocycles. The molecule has 2 N–H and O–H groups in total. The minimum Gasteiger partial charge on any atom is -0.432 e. The molecule has 0 radical (unpaired) electrons. The number of carbonyl (C=O) groups excluding carboxylic acids is 2. The number of likely N-dealkylation sites (tertiary alicyclic amines) is 1. The zero-order valence-electron chi connectivity index (χ0n) is 27.1. The number of benzene rings is 1. The van der Waals surface area contributed by atoms with Crippen LogP contribution in [-0.2, 0) is 27.6 Å². The maximum Gasteiger partial charge on any atom is 0.387 e. The predicted molar refractivity (Wildman–Crippen MR) is 176 cm³/mol. The van der Waals surface area contributed by atoms with Crippen LogP contribution in [0, 0.1) is 5.41 Å². The fourth-order valence-corrected chi connectivity index (χ4v) is 9.19. The maximum absolute atomic E-state index is 13.4. The molecule has 2 aromatic heterocycles. The SMILES string of the molecule is Cn1nc(C2CCC(=O)NC2=O)c2ccc(C3CCN(CC4(CS(=O)N5CCC(Nc6ncc(OC(F)F)cn6)CC5)CC4)CC3)cc21. The molecule has 15 heteroatoms. The monoisotopic (exact) mass is 684 g/mol. The summed E-state index contributed by atoms with van der Waals surface area (Å²) < 4.78 is 46.4. The molecule has 4 aliphatic rings. The summed E-state index contributed by atoms with van der Waals surface area (Å²) in [6.45, 7) is 1.53. The molecule has 3 aromatic rings. The number of hydrogen-bond acceptors (Lipinski definition) is 9. The van der Waals surface area contributed by atoms with E-state index in [0.717, 1.165) is 74.8 Å². The number of hydrogen-bond donors (Lipinski definition) is 2. The molecular formula is C33H42F2N8O4S. The Labute approximate surface area is 280 Å². The number of imide groups is 1. The molecule has 7 rings (SSSR count). The Balaban J connectivity index is 0.874. The van der Waals surface area contributed by atoms with Crippen molar-refractivity contribution in [2.45, 2.75) is 75.9 Å². The lowest BCUT2D eigenvalue weighted by atomic mass is 9.87. The molecule has 258 valence electrons. The van der Waals surface area contributed by atoms with E-state index in [9.17, 15) is 22.6 Å². The van der Waals surface area contributed by atoms with Crippen molar-refractivity contribution in [2.24, 2.45) is 12.5 Å². The first-order chi connectivity index (χ1) is 23.1. The van der Waals surface area contributed by atoms with Crippen LogP contribution in [0.5, 0.6) is 5.75 Å². The first-order valence-electron chi connectivity index (χ1n) is 16.8. The average molecular weight is 685 g/mol. The van der Waals surface area contributed by atoms with Crippen molar-refractivity contribution < 1.29 is 27.3 Å². The largest absolute Gasteiger partial charge is 0.432 e. The zero-order chi connectivity index (χ0) is 33.4. The van der Waals surface area contributed by atoms with Crippen LogP contribution in [0.25, 0.3) is 10.9 Å². The summed E-state index contributed by atoms with van der Waals surface area (Å²) in [4.78, 5) is 34.8. The third kappa shape index (κ3) is 7.37. The van der Waals surface area contributed by atoms with Gasteiger partial charge in [-0.2, -0.15) is 13.9 Å². The molecule has 48 heavy (non-hydrogen) atoms. The van der Waals surface area contributed by atoms with Gasteiger partial charge in [-0.1, -0.05) is 12.1 Å². The van der Waals surface area contributed by atoms with Crippen molar-refractivity contribution in [1.82, 2.24) is 34.3 Å². The van der Waals surface area contributed by atoms with Gasteiger partial charge in [0.1, 0.15) is 0 Å². The quantitative estimate of drug-likeness (QED) is 0.290. The minimum absolute atomic E-state index is 0.0785. The lowest BCUT2D eigenvalue weighted by molar-refractivity contribution is -0.134. The Morgan fingerprint density at radius 1 is 1.06 bits per heavy atom. The van der Waals surface area contributed by atoms with Crippen LogP contribution in [0.2, 0.25) is 0 Å². The molecule has 4 fully saturated rings. The third-order valence-electron chi connectivity index (χ3n) is 10.4. The summed E-state index contributed by atoms with van der Waals surface area (Å²) >= 11 is 0. The number of piperidine rings is 3. The number of carbonyl (C=O) groups is 2. The highest BCUT2D eigenvalue weighted by molar-refractivity contribution is 7.82. The number of alkyl halides is 2. The number of fused-ring (bicyclic) bond motifs is 1. The van der Waals surface area contributed by atoms with Crippen molar-refractivity contribution in [3.63, 3.8) is 0 Å². The van der Waals surface area contributed by atoms with Crippen LogP contribution < -0.4 is 15.4 Å². The summed E-state index contributed by atoms with van der Waals surface area (Å²) in [6.07, 6.45) is 9.24. The third-order valence-corrected chi connectivity index (χ3v) is 12.2. The van der Waals surface area contributed by atoms with Crippen LogP contribution in [0.1, 0.15) is 74.5 Å². The predicted octanol–water partition coefficient (Wildman–Crippen LogP) is 3.68. The summed E-state index contributed by atoms with van der Waals surface area (Å²) in [5.74, 6) is 0.555. The Morgan fingerprint density at radius 2 is 1.79 bits per heavy atom. The van der Waals surface area contributed by atoms with Gasteiger partial charge in [-0.15, -0.1) is 0 Å². The Bertz CT molecular complexity index is 1670. The number of ether oxygens (including phenoxy) is 1. The molecule has 1 saturated carbocycles. The number of nitrogens with one attached hydrogen (secondary N) is 2. The smallest absolute Gasteiger partial charge is 0.387 e. The summed E-state index contributed by atoms with van der Waals surface area (Å²) in [5.41, 5.74) is 3.18. The molecular weight excluding hydrogens is 642 g/mol. The highest BCUT2D eigenvalue weighted by Crippen LogP contribution is 2.48. The lowest BCUT2D eigenvalue weighted by Crippen LogP contribution is -2.43. The second kappa shape index (κ2) is 13.7. The molecule has 2 unspecified atom stereocenters. The Morgan fingerprint density at radius 3 is 2.46 bits per heavy atom. The van der Waals surface area contributed by atoms with Crippen molar-refractivity contribution in [3.05, 3.63) is 41.9 Å². The summed E-state index contributed by atoms with van der Waals surface area (Å²) in [7, 11) is 0.878. The van der Waals surface area contributed by atoms with E-state index in [2.05, 4.69) is 52.7 Å². The lowest BCUT2D eigenvalue weighted by Gasteiger charge is -2.36. The van der Waals surface area contributed by atoms with Crippen LogP contribution in [-0.4, -0.2) is 96.1 Å². The number of rotatable bonds is 11. The molecule has 12 nitrogen and oxygen atoms in total. The van der Waals surface area contributed by atoms with Gasteiger partial charge in [-0.05, 0) is 81.0 Å². The average Bonchev–Trinajstić information content (AvgIpc) is 3.74. The van der Waals surface area contributed by atoms with Gasteiger partial charge in [0.25, 0.3) is 0 Å². The van der Waals surface area contributed by atoms with Crippen LogP contribution in [0.3, 0.4) is 0 Å². The van der Waals surface area contributed by atoms with E-state index in [1.807, 2.05) is 11.7 Å². The minimum atomic E-state index is -2.91. The first-order valence-corrected chi connectivity index (χ1v) is 18.1. The molecule has 2 atom stereocenters. The van der Waals surface area contributed by atoms with E-state index in [1.165, 1.54) is 18.0 Å². The Hall–Kier alpha value is -3.56. The van der Waals surface area contributed by atoms with E-state index < -0.39 is 23.5 Å². The second-order valence-electron chi connectivity index (χ2n) is 13.8. The van der Waals surface area contributed by atoms with Gasteiger partial charge < -0.3 is 15.0 Å². The van der Waals surface area contributed by atoms with Gasteiger partial charge in [0.2, 0.25) is 17.8 Å². The van der Waals surface area contributed by atoms with Crippen molar-refractivity contribution in [3.8, 4) is 5.75 Å². The van der Waals surface area contributed by atoms with Gasteiger partial charge in [-0.3, -0.25) is 19.6 Å². The fourth-order valence-electron chi connectivity index (χ4n) is 7.49. The van der Waals surface area contributed by atoms with E-state index in [0.29, 0.717) is 43.6 Å². The number of amides is 2. The number of halogens is 2. The molecule has 1 aromatic carbocycles. The molecule has 1 aliphatic carbocycles. The molecule has 5 heterocycles. The van der Waals surface area contributed by atoms with E-state index >= 15 is 0 Å². The van der Waals surface area contributed by atoms with Gasteiger partial charge in [-0.25, -0.2) is 18.5 Å². The molecule has 0 spiro atoms. The number of anilines is 1. The highest BCUT2D eigenvalue weighted by atomic mass is 32.2. The number of aryl methyl sites for hydroxylation is 1. The van der Waals surface area contributed by atoms with Gasteiger partial charge in [0.15, 0.2) is 5.75 Å². The summed E-state index contributed by atoms with van der Waals surface area (Å²) in [5, 5.41) is 11.4. The van der Waals surface area contributed by atoms with Gasteiger partial charge >= 0.3 is 6.61 Å². The van der Waals surface area contributed by atoms with E-state index in [-0.39, 0.29) is 29.0 Å². The molecule has 0 bridgehead atoms. The first kappa shape index (κ1) is 33.0. The normalized spacial score (nSPS) is 23.4. The maximum atomic E-state index is 13.4. The highest BCUT2D eigenvalue weighted by Gasteiger charge is 2.46. The topological polar surface area (TPSA) is 135 Å². The zero-order valence-corrected chi connectivity index (χ0v) is 27.9. The number of aromatic nitrogens is 4. The second-order valence-corrected chi connectivity index (χ2v) is 15.2. The van der Waals surface area contributed by atoms with Gasteiger partial charge in [0, 0.05) is 50.3 Å².